The van der Waals surface area contributed by atoms with Gasteiger partial charge < -0.3 is 9.84 Å². The van der Waals surface area contributed by atoms with Gasteiger partial charge in [0.2, 0.25) is 0 Å². The van der Waals surface area contributed by atoms with Gasteiger partial charge in [-0.3, -0.25) is 4.79 Å². The lowest BCUT2D eigenvalue weighted by molar-refractivity contribution is -0.142. The molecule has 16 heavy (non-hydrogen) atoms. The zero-order valence-electron chi connectivity index (χ0n) is 9.51. The molecule has 0 aromatic heterocycles. The van der Waals surface area contributed by atoms with E-state index in [1.54, 1.807) is 0 Å². The van der Waals surface area contributed by atoms with E-state index < -0.39 is 17.5 Å². The van der Waals surface area contributed by atoms with Crippen LogP contribution in [-0.2, 0) is 15.1 Å². The number of hydrogen-bond donors (Lipinski definition) is 1. The number of benzene rings is 1. The van der Waals surface area contributed by atoms with E-state index in [0.717, 1.165) is 5.56 Å². The maximum atomic E-state index is 11.1. The van der Waals surface area contributed by atoms with Crippen LogP contribution in [0.25, 0.3) is 0 Å². The number of carbonyl (C=O) groups is 1. The van der Waals surface area contributed by atoms with Gasteiger partial charge in [-0.1, -0.05) is 30.3 Å². The molecule has 1 aliphatic rings. The summed E-state index contributed by atoms with van der Waals surface area (Å²) in [4.78, 5) is 11.1. The Bertz CT molecular complexity index is 385. The largest absolute Gasteiger partial charge is 0.481 e. The van der Waals surface area contributed by atoms with Crippen LogP contribution in [0.5, 0.6) is 0 Å². The van der Waals surface area contributed by atoms with E-state index in [4.69, 9.17) is 9.84 Å². The Kier molecular flexibility index (Phi) is 2.72. The molecule has 1 aromatic rings. The van der Waals surface area contributed by atoms with E-state index in [2.05, 4.69) is 0 Å². The molecule has 0 spiro atoms. The van der Waals surface area contributed by atoms with E-state index in [1.807, 2.05) is 44.2 Å². The molecule has 2 rings (SSSR count). The number of carboxylic acid groups (broad SMARTS) is 1. The minimum absolute atomic E-state index is 0.0320. The second kappa shape index (κ2) is 3.91. The topological polar surface area (TPSA) is 46.5 Å². The van der Waals surface area contributed by atoms with Crippen LogP contribution in [0.15, 0.2) is 30.3 Å². The summed E-state index contributed by atoms with van der Waals surface area (Å²) in [7, 11) is 0. The summed E-state index contributed by atoms with van der Waals surface area (Å²) in [6.07, 6.45) is 0.606. The first-order chi connectivity index (χ1) is 7.56. The van der Waals surface area contributed by atoms with Gasteiger partial charge in [0, 0.05) is 0 Å². The second-order valence-corrected chi connectivity index (χ2v) is 4.52. The molecular weight excluding hydrogens is 204 g/mol. The van der Waals surface area contributed by atoms with Gasteiger partial charge in [-0.25, -0.2) is 0 Å². The lowest BCUT2D eigenvalue weighted by Gasteiger charge is -2.21. The van der Waals surface area contributed by atoms with Gasteiger partial charge in [-0.05, 0) is 25.8 Å². The average molecular weight is 220 g/mol. The van der Waals surface area contributed by atoms with Gasteiger partial charge in [0.25, 0.3) is 0 Å². The van der Waals surface area contributed by atoms with Gasteiger partial charge in [0.1, 0.15) is 5.60 Å². The number of aliphatic carboxylic acids is 1. The summed E-state index contributed by atoms with van der Waals surface area (Å²) in [5, 5.41) is 9.08. The minimum atomic E-state index is -0.774. The van der Waals surface area contributed by atoms with Crippen molar-refractivity contribution in [3.05, 3.63) is 35.9 Å². The highest BCUT2D eigenvalue weighted by Gasteiger charge is 2.61. The highest BCUT2D eigenvalue weighted by molar-refractivity contribution is 5.76. The predicted octanol–water partition coefficient (Wildman–Crippen LogP) is 2.41. The summed E-state index contributed by atoms with van der Waals surface area (Å²) >= 11 is 0. The number of rotatable bonds is 4. The van der Waals surface area contributed by atoms with Crippen LogP contribution in [0.4, 0.5) is 0 Å². The molecule has 86 valence electrons. The second-order valence-electron chi connectivity index (χ2n) is 4.52. The molecule has 0 heterocycles. The molecule has 0 amide bonds. The molecule has 1 fully saturated rings. The van der Waals surface area contributed by atoms with Crippen LogP contribution in [0.2, 0.25) is 0 Å². The third-order valence-electron chi connectivity index (χ3n) is 2.92. The SMILES string of the molecule is CC(C)O[C@@]1(c2ccccc2)C[C@H]1C(=O)O. The Hall–Kier alpha value is -1.35. The van der Waals surface area contributed by atoms with Crippen molar-refractivity contribution in [2.45, 2.75) is 32.0 Å². The van der Waals surface area contributed by atoms with E-state index >= 15 is 0 Å². The van der Waals surface area contributed by atoms with Crippen LogP contribution in [0, 0.1) is 5.92 Å². The van der Waals surface area contributed by atoms with Crippen molar-refractivity contribution in [3.8, 4) is 0 Å². The fraction of sp³-hybridized carbons (Fsp3) is 0.462. The van der Waals surface area contributed by atoms with E-state index in [9.17, 15) is 4.79 Å². The molecule has 0 saturated heterocycles. The quantitative estimate of drug-likeness (QED) is 0.847. The standard InChI is InChI=1S/C13H16O3/c1-9(2)16-13(8-11(13)12(14)15)10-6-4-3-5-7-10/h3-7,9,11H,8H2,1-2H3,(H,14,15)/t11-,13+/m0/s1. The third-order valence-corrected chi connectivity index (χ3v) is 2.92. The monoisotopic (exact) mass is 220 g/mol. The molecule has 1 N–H and O–H groups in total. The molecule has 2 atom stereocenters. The van der Waals surface area contributed by atoms with E-state index in [-0.39, 0.29) is 6.10 Å². The van der Waals surface area contributed by atoms with Crippen LogP contribution in [0.3, 0.4) is 0 Å². The molecular formula is C13H16O3. The Labute approximate surface area is 95.0 Å². The average Bonchev–Trinajstić information content (AvgIpc) is 2.94. The van der Waals surface area contributed by atoms with Crippen LogP contribution in [0.1, 0.15) is 25.8 Å². The summed E-state index contributed by atoms with van der Waals surface area (Å²) in [5.74, 6) is -1.18. The first kappa shape index (κ1) is 11.1. The van der Waals surface area contributed by atoms with Crippen molar-refractivity contribution in [1.29, 1.82) is 0 Å². The molecule has 3 nitrogen and oxygen atoms in total. The van der Waals surface area contributed by atoms with Crippen molar-refractivity contribution in [3.63, 3.8) is 0 Å². The lowest BCUT2D eigenvalue weighted by Crippen LogP contribution is -2.22. The van der Waals surface area contributed by atoms with Gasteiger partial charge in [0.05, 0.1) is 12.0 Å². The molecule has 0 unspecified atom stereocenters. The molecule has 1 saturated carbocycles. The lowest BCUT2D eigenvalue weighted by atomic mass is 10.1. The number of carboxylic acids is 1. The molecule has 3 heteroatoms. The van der Waals surface area contributed by atoms with E-state index in [0.29, 0.717) is 6.42 Å². The Morgan fingerprint density at radius 2 is 2.06 bits per heavy atom. The summed E-state index contributed by atoms with van der Waals surface area (Å²) < 4.78 is 5.83. The van der Waals surface area contributed by atoms with E-state index in [1.165, 1.54) is 0 Å². The van der Waals surface area contributed by atoms with Gasteiger partial charge >= 0.3 is 5.97 Å². The first-order valence-corrected chi connectivity index (χ1v) is 5.52. The Balaban J connectivity index is 2.28. The van der Waals surface area contributed by atoms with Gasteiger partial charge in [-0.2, -0.15) is 0 Å². The maximum Gasteiger partial charge on any atom is 0.309 e. The predicted molar refractivity (Wildman–Crippen MR) is 60.1 cm³/mol. The highest BCUT2D eigenvalue weighted by Crippen LogP contribution is 2.55. The van der Waals surface area contributed by atoms with Crippen LogP contribution < -0.4 is 0 Å². The van der Waals surface area contributed by atoms with Gasteiger partial charge in [0.15, 0.2) is 0 Å². The van der Waals surface area contributed by atoms with Crippen LogP contribution >= 0.6 is 0 Å². The summed E-state index contributed by atoms with van der Waals surface area (Å²) in [5.41, 5.74) is 0.373. The van der Waals surface area contributed by atoms with Crippen molar-refractivity contribution in [2.75, 3.05) is 0 Å². The van der Waals surface area contributed by atoms with Crippen molar-refractivity contribution < 1.29 is 14.6 Å². The Morgan fingerprint density at radius 3 is 2.50 bits per heavy atom. The molecule has 1 aliphatic carbocycles. The molecule has 0 radical (unpaired) electrons. The summed E-state index contributed by atoms with van der Waals surface area (Å²) in [6.45, 7) is 3.86. The molecule has 0 bridgehead atoms. The normalized spacial score (nSPS) is 28.1. The minimum Gasteiger partial charge on any atom is -0.481 e. The summed E-state index contributed by atoms with van der Waals surface area (Å²) in [6, 6.07) is 9.62. The first-order valence-electron chi connectivity index (χ1n) is 5.52. The maximum absolute atomic E-state index is 11.1. The van der Waals surface area contributed by atoms with Gasteiger partial charge in [-0.15, -0.1) is 0 Å². The van der Waals surface area contributed by atoms with Crippen molar-refractivity contribution in [1.82, 2.24) is 0 Å². The Morgan fingerprint density at radius 1 is 1.44 bits per heavy atom. The number of ether oxygens (including phenoxy) is 1. The molecule has 1 aromatic carbocycles. The zero-order chi connectivity index (χ0) is 11.8. The zero-order valence-corrected chi connectivity index (χ0v) is 9.51. The van der Waals surface area contributed by atoms with Crippen LogP contribution in [-0.4, -0.2) is 17.2 Å². The highest BCUT2D eigenvalue weighted by atomic mass is 16.5. The van der Waals surface area contributed by atoms with Crippen molar-refractivity contribution in [2.24, 2.45) is 5.92 Å². The third kappa shape index (κ3) is 1.83. The number of hydrogen-bond acceptors (Lipinski definition) is 2. The molecule has 0 aliphatic heterocycles. The smallest absolute Gasteiger partial charge is 0.309 e. The fourth-order valence-electron chi connectivity index (χ4n) is 2.19. The fourth-order valence-corrected chi connectivity index (χ4v) is 2.19. The van der Waals surface area contributed by atoms with Crippen molar-refractivity contribution >= 4 is 5.97 Å².